The number of benzene rings is 2. The summed E-state index contributed by atoms with van der Waals surface area (Å²) in [6.45, 7) is 5.43. The molecule has 2 aromatic carbocycles. The number of halogens is 1. The number of rotatable bonds is 7. The molecule has 0 atom stereocenters. The summed E-state index contributed by atoms with van der Waals surface area (Å²) in [6.07, 6.45) is 1.76. The van der Waals surface area contributed by atoms with Gasteiger partial charge in [0.25, 0.3) is 0 Å². The number of guanidine groups is 1. The van der Waals surface area contributed by atoms with Crippen LogP contribution in [0.4, 0.5) is 4.39 Å². The number of nitrogens with one attached hydrogen (secondary N) is 2. The summed E-state index contributed by atoms with van der Waals surface area (Å²) in [5.74, 6) is 0.432. The number of nitrogens with zero attached hydrogens (tertiary/aromatic N) is 1. The molecule has 2 aromatic rings. The lowest BCUT2D eigenvalue weighted by atomic mass is 10.1. The second-order valence-corrected chi connectivity index (χ2v) is 8.32. The minimum atomic E-state index is -3.22. The highest BCUT2D eigenvalue weighted by atomic mass is 32.2. The van der Waals surface area contributed by atoms with Crippen LogP contribution >= 0.6 is 0 Å². The first kappa shape index (κ1) is 20.9. The van der Waals surface area contributed by atoms with Crippen molar-refractivity contribution in [1.29, 1.82) is 0 Å². The van der Waals surface area contributed by atoms with E-state index < -0.39 is 9.84 Å². The zero-order valence-electron chi connectivity index (χ0n) is 15.9. The monoisotopic (exact) mass is 391 g/mol. The molecule has 0 saturated carbocycles. The summed E-state index contributed by atoms with van der Waals surface area (Å²) in [7, 11) is -3.22. The van der Waals surface area contributed by atoms with Crippen molar-refractivity contribution in [3.63, 3.8) is 0 Å². The van der Waals surface area contributed by atoms with Gasteiger partial charge in [0.2, 0.25) is 0 Å². The van der Waals surface area contributed by atoms with Gasteiger partial charge in [-0.15, -0.1) is 0 Å². The second-order valence-electron chi connectivity index (χ2n) is 6.34. The molecule has 27 heavy (non-hydrogen) atoms. The van der Waals surface area contributed by atoms with Gasteiger partial charge in [-0.1, -0.05) is 30.3 Å². The van der Waals surface area contributed by atoms with Crippen molar-refractivity contribution in [1.82, 2.24) is 10.6 Å². The number of sulfone groups is 1. The maximum atomic E-state index is 13.7. The van der Waals surface area contributed by atoms with Crippen molar-refractivity contribution in [2.75, 3.05) is 19.3 Å². The van der Waals surface area contributed by atoms with Gasteiger partial charge in [0, 0.05) is 19.3 Å². The van der Waals surface area contributed by atoms with Crippen LogP contribution in [0.15, 0.2) is 52.4 Å². The van der Waals surface area contributed by atoms with Crippen LogP contribution in [-0.4, -0.2) is 33.7 Å². The number of hydrogen-bond acceptors (Lipinski definition) is 3. The normalized spacial score (nSPS) is 12.1. The lowest BCUT2D eigenvalue weighted by Crippen LogP contribution is -2.38. The molecule has 0 aliphatic carbocycles. The van der Waals surface area contributed by atoms with Crippen molar-refractivity contribution < 1.29 is 12.8 Å². The summed E-state index contributed by atoms with van der Waals surface area (Å²) in [6, 6.07) is 12.0. The third-order valence-corrected chi connectivity index (χ3v) is 5.30. The van der Waals surface area contributed by atoms with E-state index in [-0.39, 0.29) is 5.82 Å². The number of aliphatic imine (C=N–C) groups is 1. The average molecular weight is 392 g/mol. The Bertz CT molecular complexity index is 911. The van der Waals surface area contributed by atoms with Gasteiger partial charge in [0.15, 0.2) is 15.8 Å². The SMILES string of the molecule is CCNC(=NCc1ccc(S(C)(=O)=O)c(C)c1)NCCc1ccccc1F. The Morgan fingerprint density at radius 3 is 2.52 bits per heavy atom. The lowest BCUT2D eigenvalue weighted by Gasteiger charge is -2.12. The predicted molar refractivity (Wildman–Crippen MR) is 107 cm³/mol. The number of aryl methyl sites for hydroxylation is 1. The molecule has 5 nitrogen and oxygen atoms in total. The van der Waals surface area contributed by atoms with Crippen LogP contribution in [0.5, 0.6) is 0 Å². The van der Waals surface area contributed by atoms with Crippen molar-refractivity contribution >= 4 is 15.8 Å². The highest BCUT2D eigenvalue weighted by Crippen LogP contribution is 2.17. The quantitative estimate of drug-likeness (QED) is 0.562. The van der Waals surface area contributed by atoms with E-state index in [0.717, 1.165) is 5.56 Å². The highest BCUT2D eigenvalue weighted by molar-refractivity contribution is 7.90. The molecule has 0 fully saturated rings. The van der Waals surface area contributed by atoms with Crippen LogP contribution < -0.4 is 10.6 Å². The first-order valence-electron chi connectivity index (χ1n) is 8.86. The molecule has 146 valence electrons. The molecule has 0 heterocycles. The molecule has 7 heteroatoms. The van der Waals surface area contributed by atoms with Crippen LogP contribution in [-0.2, 0) is 22.8 Å². The van der Waals surface area contributed by atoms with Gasteiger partial charge in [-0.3, -0.25) is 0 Å². The van der Waals surface area contributed by atoms with Crippen LogP contribution in [0.25, 0.3) is 0 Å². The van der Waals surface area contributed by atoms with E-state index in [0.29, 0.717) is 48.0 Å². The highest BCUT2D eigenvalue weighted by Gasteiger charge is 2.10. The molecule has 2 N–H and O–H groups in total. The fraction of sp³-hybridized carbons (Fsp3) is 0.350. The van der Waals surface area contributed by atoms with Gasteiger partial charge in [-0.25, -0.2) is 17.8 Å². The lowest BCUT2D eigenvalue weighted by molar-refractivity contribution is 0.601. The minimum Gasteiger partial charge on any atom is -0.357 e. The predicted octanol–water partition coefficient (Wildman–Crippen LogP) is 2.84. The molecular weight excluding hydrogens is 365 g/mol. The smallest absolute Gasteiger partial charge is 0.191 e. The summed E-state index contributed by atoms with van der Waals surface area (Å²) in [4.78, 5) is 4.86. The Morgan fingerprint density at radius 1 is 1.15 bits per heavy atom. The Hall–Kier alpha value is -2.41. The molecule has 0 spiro atoms. The maximum Gasteiger partial charge on any atom is 0.191 e. The molecule has 0 aromatic heterocycles. The Balaban J connectivity index is 2.00. The molecular formula is C20H26FN3O2S. The van der Waals surface area contributed by atoms with E-state index in [1.165, 1.54) is 12.3 Å². The molecule has 0 bridgehead atoms. The average Bonchev–Trinajstić information content (AvgIpc) is 2.60. The van der Waals surface area contributed by atoms with Gasteiger partial charge in [-0.2, -0.15) is 0 Å². The van der Waals surface area contributed by atoms with Crippen molar-refractivity contribution in [3.8, 4) is 0 Å². The third kappa shape index (κ3) is 6.36. The molecule has 2 rings (SSSR count). The van der Waals surface area contributed by atoms with Crippen molar-refractivity contribution in [2.45, 2.75) is 31.7 Å². The van der Waals surface area contributed by atoms with Gasteiger partial charge >= 0.3 is 0 Å². The van der Waals surface area contributed by atoms with Crippen molar-refractivity contribution in [2.24, 2.45) is 4.99 Å². The Morgan fingerprint density at radius 2 is 1.89 bits per heavy atom. The van der Waals surface area contributed by atoms with E-state index in [4.69, 9.17) is 0 Å². The fourth-order valence-electron chi connectivity index (χ4n) is 2.75. The molecule has 0 unspecified atom stereocenters. The number of hydrogen-bond donors (Lipinski definition) is 2. The summed E-state index contributed by atoms with van der Waals surface area (Å²) in [5.41, 5.74) is 2.29. The fourth-order valence-corrected chi connectivity index (χ4v) is 3.71. The summed E-state index contributed by atoms with van der Waals surface area (Å²) >= 11 is 0. The summed E-state index contributed by atoms with van der Waals surface area (Å²) < 4.78 is 37.1. The molecule has 0 aliphatic heterocycles. The zero-order chi connectivity index (χ0) is 19.9. The molecule has 0 amide bonds. The first-order chi connectivity index (χ1) is 12.8. The van der Waals surface area contributed by atoms with Crippen molar-refractivity contribution in [3.05, 3.63) is 65.0 Å². The minimum absolute atomic E-state index is 0.206. The van der Waals surface area contributed by atoms with E-state index in [2.05, 4.69) is 15.6 Å². The van der Waals surface area contributed by atoms with Crippen LogP contribution in [0, 0.1) is 12.7 Å². The van der Waals surface area contributed by atoms with E-state index in [1.54, 1.807) is 31.2 Å². The standard InChI is InChI=1S/C20H26FN3O2S/c1-4-22-20(23-12-11-17-7-5-6-8-18(17)21)24-14-16-9-10-19(15(2)13-16)27(3,25)26/h5-10,13H,4,11-12,14H2,1-3H3,(H2,22,23,24). The van der Waals surface area contributed by atoms with Gasteiger partial charge < -0.3 is 10.6 Å². The maximum absolute atomic E-state index is 13.7. The third-order valence-electron chi connectivity index (χ3n) is 4.05. The van der Waals surface area contributed by atoms with Gasteiger partial charge in [0.1, 0.15) is 5.82 Å². The van der Waals surface area contributed by atoms with E-state index in [9.17, 15) is 12.8 Å². The molecule has 0 radical (unpaired) electrons. The van der Waals surface area contributed by atoms with E-state index in [1.807, 2.05) is 19.1 Å². The topological polar surface area (TPSA) is 70.6 Å². The first-order valence-corrected chi connectivity index (χ1v) is 10.8. The van der Waals surface area contributed by atoms with Crippen LogP contribution in [0.2, 0.25) is 0 Å². The Kier molecular flexibility index (Phi) is 7.36. The second kappa shape index (κ2) is 9.50. The molecule has 0 saturated heterocycles. The Labute approximate surface area is 160 Å². The molecule has 0 aliphatic rings. The van der Waals surface area contributed by atoms with Gasteiger partial charge in [0.05, 0.1) is 11.4 Å². The summed E-state index contributed by atoms with van der Waals surface area (Å²) in [5, 5.41) is 6.35. The van der Waals surface area contributed by atoms with Crippen LogP contribution in [0.3, 0.4) is 0 Å². The van der Waals surface area contributed by atoms with Gasteiger partial charge in [-0.05, 0) is 49.1 Å². The largest absolute Gasteiger partial charge is 0.357 e. The zero-order valence-corrected chi connectivity index (χ0v) is 16.7. The van der Waals surface area contributed by atoms with E-state index >= 15 is 0 Å². The van der Waals surface area contributed by atoms with Crippen LogP contribution in [0.1, 0.15) is 23.6 Å².